The molecule has 0 aliphatic carbocycles. The molecule has 0 N–H and O–H groups in total. The molecule has 0 rings (SSSR count). The third-order valence-electron chi connectivity index (χ3n) is 0.381. The maximum absolute atomic E-state index is 10.2. The van der Waals surface area contributed by atoms with Gasteiger partial charge >= 0.3 is 48.7 Å². The Morgan fingerprint density at radius 2 is 2.29 bits per heavy atom. The molecule has 0 heterocycles. The van der Waals surface area contributed by atoms with E-state index in [1.54, 1.807) is 12.9 Å². The molecule has 1 nitrogen and oxygen atoms in total. The monoisotopic (exact) mass is 107 g/mol. The van der Waals surface area contributed by atoms with E-state index in [2.05, 4.69) is 0 Å². The van der Waals surface area contributed by atoms with Crippen molar-refractivity contribution in [2.75, 3.05) is 6.26 Å². The molecule has 7 heavy (non-hydrogen) atoms. The topological polar surface area (TPSA) is 23.1 Å². The maximum atomic E-state index is 10.2. The van der Waals surface area contributed by atoms with Crippen LogP contribution in [0.5, 0.6) is 0 Å². The van der Waals surface area contributed by atoms with E-state index in [0.29, 0.717) is 0 Å². The van der Waals surface area contributed by atoms with Gasteiger partial charge in [-0.1, -0.05) is 0 Å². The van der Waals surface area contributed by atoms with Crippen molar-refractivity contribution < 1.29 is 4.55 Å². The molecule has 0 amide bonds. The van der Waals surface area contributed by atoms with Gasteiger partial charge in [-0.15, -0.1) is 0 Å². The van der Waals surface area contributed by atoms with E-state index < -0.39 is 11.0 Å². The zero-order valence-corrected chi connectivity index (χ0v) is 4.94. The van der Waals surface area contributed by atoms with E-state index in [-0.39, 0.29) is 0 Å². The van der Waals surface area contributed by atoms with Gasteiger partial charge in [0.15, 0.2) is 0 Å². The van der Waals surface area contributed by atoms with Gasteiger partial charge in [0.05, 0.1) is 0 Å². The average Bonchev–Trinajstić information content (AvgIpc) is 1.61. The first kappa shape index (κ1) is 7.57. The van der Waals surface area contributed by atoms with Gasteiger partial charge in [-0.05, 0) is 0 Å². The van der Waals surface area contributed by atoms with Gasteiger partial charge in [0, 0.05) is 0 Å². The van der Waals surface area contributed by atoms with Crippen LogP contribution >= 0.6 is 0 Å². The van der Waals surface area contributed by atoms with E-state index >= 15 is 0 Å². The summed E-state index contributed by atoms with van der Waals surface area (Å²) in [6, 6.07) is 0. The normalized spacial score (nSPS) is 11.6. The van der Waals surface area contributed by atoms with Crippen LogP contribution in [0.15, 0.2) is 0 Å². The van der Waals surface area contributed by atoms with Crippen molar-refractivity contribution in [3.8, 4) is 0 Å². The molecule has 0 saturated carbocycles. The Hall–Kier alpha value is 0.570. The van der Waals surface area contributed by atoms with E-state index in [1.807, 2.05) is 0 Å². The number of hydrogen-bond donors (Lipinski definition) is 0. The Morgan fingerprint density at radius 3 is 2.43 bits per heavy atom. The zero-order valence-electron chi connectivity index (χ0n) is 4.13. The van der Waals surface area contributed by atoms with Crippen molar-refractivity contribution in [2.24, 2.45) is 0 Å². The summed E-state index contributed by atoms with van der Waals surface area (Å²) < 4.78 is 10.2. The van der Waals surface area contributed by atoms with E-state index in [1.165, 1.54) is 12.8 Å². The van der Waals surface area contributed by atoms with Crippen molar-refractivity contribution in [3.63, 3.8) is 0 Å². The fourth-order valence-electron chi connectivity index (χ4n) is 0.156. The van der Waals surface area contributed by atoms with Crippen LogP contribution in [0, 0.1) is 0 Å². The van der Waals surface area contributed by atoms with Crippen molar-refractivity contribution in [2.45, 2.75) is 0 Å². The Labute approximate surface area is 49.3 Å². The molecule has 0 aliphatic heterocycles. The Bertz CT molecular complexity index is 79.8. The third kappa shape index (κ3) is 6.57. The summed E-state index contributed by atoms with van der Waals surface area (Å²) in [6.45, 7) is 2.90. The van der Waals surface area contributed by atoms with Gasteiger partial charge < -0.3 is 0 Å². The number of hydrogen-bond acceptors (Lipinski definition) is 1. The SMILES string of the molecule is [B]=BB=B[S+](C)[O-]. The molecule has 0 spiro atoms. The van der Waals surface area contributed by atoms with Crippen LogP contribution in [0.3, 0.4) is 0 Å². The summed E-state index contributed by atoms with van der Waals surface area (Å²) in [4.78, 5) is 0. The predicted octanol–water partition coefficient (Wildman–Crippen LogP) is -1.69. The molecule has 0 bridgehead atoms. The van der Waals surface area contributed by atoms with Gasteiger partial charge in [0.1, 0.15) is 0 Å². The molecule has 0 saturated heterocycles. The first-order valence-electron chi connectivity index (χ1n) is 1.81. The summed E-state index contributed by atoms with van der Waals surface area (Å²) in [6.07, 6.45) is 3.10. The summed E-state index contributed by atoms with van der Waals surface area (Å²) in [5, 5.41) is 0. The zero-order chi connectivity index (χ0) is 5.70. The van der Waals surface area contributed by atoms with Crippen LogP contribution in [-0.2, 0) is 11.0 Å². The van der Waals surface area contributed by atoms with E-state index in [4.69, 9.17) is 7.37 Å². The van der Waals surface area contributed by atoms with Gasteiger partial charge in [-0.25, -0.2) is 0 Å². The summed E-state index contributed by atoms with van der Waals surface area (Å²) in [5.41, 5.74) is 0. The third-order valence-corrected chi connectivity index (χ3v) is 0.922. The Balaban J connectivity index is 3.25. The second-order valence-electron chi connectivity index (χ2n) is 1.02. The Morgan fingerprint density at radius 1 is 1.71 bits per heavy atom. The first-order valence-corrected chi connectivity index (χ1v) is 3.43. The van der Waals surface area contributed by atoms with Crippen LogP contribution in [0.2, 0.25) is 0 Å². The van der Waals surface area contributed by atoms with Gasteiger partial charge in [-0.2, -0.15) is 0 Å². The van der Waals surface area contributed by atoms with E-state index in [0.717, 1.165) is 0 Å². The minimum absolute atomic E-state index is 0.857. The van der Waals surface area contributed by atoms with Crippen molar-refractivity contribution in [3.05, 3.63) is 0 Å². The molecule has 0 aliphatic rings. The van der Waals surface area contributed by atoms with Gasteiger partial charge in [0.2, 0.25) is 0 Å². The molecule has 31 valence electrons. The second-order valence-corrected chi connectivity index (χ2v) is 2.29. The second kappa shape index (κ2) is 4.72. The summed E-state index contributed by atoms with van der Waals surface area (Å²) in [7, 11) is 4.93. The van der Waals surface area contributed by atoms with E-state index in [9.17, 15) is 4.55 Å². The first-order chi connectivity index (χ1) is 3.27. The quantitative estimate of drug-likeness (QED) is 0.304. The summed E-state index contributed by atoms with van der Waals surface area (Å²) in [5.74, 6) is 0. The fraction of sp³-hybridized carbons (Fsp3) is 1.00. The van der Waals surface area contributed by atoms with Gasteiger partial charge in [0.25, 0.3) is 0 Å². The van der Waals surface area contributed by atoms with Crippen molar-refractivity contribution >= 4 is 37.9 Å². The van der Waals surface area contributed by atoms with Crippen LogP contribution in [-0.4, -0.2) is 37.6 Å². The standard InChI is InChI=1S/CH3B4OS/c1-7(6)5-4-3-2/h1H3. The molecular formula is CH3B4OS. The Kier molecular flexibility index (Phi) is 5.11. The molecule has 0 fully saturated rings. The summed E-state index contributed by atoms with van der Waals surface area (Å²) >= 11 is -0.857. The fourth-order valence-corrected chi connectivity index (χ4v) is 0.468. The minimum atomic E-state index is -0.857. The molecule has 0 aromatic rings. The van der Waals surface area contributed by atoms with Crippen LogP contribution in [0.4, 0.5) is 0 Å². The molecular weight excluding hydrogens is 103 g/mol. The predicted molar refractivity (Wildman–Crippen MR) is 37.1 cm³/mol. The molecule has 0 aromatic heterocycles. The molecule has 1 atom stereocenters. The van der Waals surface area contributed by atoms with Crippen LogP contribution < -0.4 is 0 Å². The van der Waals surface area contributed by atoms with Crippen LogP contribution in [0.1, 0.15) is 0 Å². The van der Waals surface area contributed by atoms with Crippen molar-refractivity contribution in [1.82, 2.24) is 0 Å². The average molecular weight is 106 g/mol. The molecule has 1 unspecified atom stereocenters. The number of rotatable bonds is 2. The van der Waals surface area contributed by atoms with Crippen molar-refractivity contribution in [1.29, 1.82) is 0 Å². The molecule has 0 aromatic carbocycles. The molecule has 1 radical (unpaired) electrons. The molecule has 6 heteroatoms. The van der Waals surface area contributed by atoms with Crippen LogP contribution in [0.25, 0.3) is 0 Å². The van der Waals surface area contributed by atoms with Gasteiger partial charge in [-0.3, -0.25) is 0 Å².